The van der Waals surface area contributed by atoms with E-state index in [9.17, 15) is 4.79 Å². The number of H-pyrrole nitrogens is 1. The third kappa shape index (κ3) is 3.11. The van der Waals surface area contributed by atoms with E-state index in [1.54, 1.807) is 11.8 Å². The molecule has 1 aromatic heterocycles. The number of rotatable bonds is 5. The van der Waals surface area contributed by atoms with Crippen molar-refractivity contribution in [1.82, 2.24) is 9.97 Å². The van der Waals surface area contributed by atoms with Crippen LogP contribution in [0.3, 0.4) is 0 Å². The smallest absolute Gasteiger partial charge is 0.270 e. The molecular weight excluding hydrogens is 246 g/mol. The molecule has 5 heteroatoms. The Balaban J connectivity index is 2.18. The molecule has 96 valence electrons. The molecule has 0 saturated carbocycles. The number of nitrogens with one attached hydrogen (secondary N) is 1. The summed E-state index contributed by atoms with van der Waals surface area (Å²) in [5.41, 5.74) is 7.61. The lowest BCUT2D eigenvalue weighted by Crippen LogP contribution is -2.15. The predicted octanol–water partition coefficient (Wildman–Crippen LogP) is 1.89. The van der Waals surface area contributed by atoms with Crippen molar-refractivity contribution in [1.29, 1.82) is 0 Å². The number of nitrogens with two attached hydrogens (primary N) is 1. The Morgan fingerprint density at radius 2 is 2.22 bits per heavy atom. The van der Waals surface area contributed by atoms with Crippen LogP contribution < -0.4 is 11.3 Å². The Morgan fingerprint density at radius 1 is 1.44 bits per heavy atom. The SMILES string of the molecule is CC(CCN)SCc1nc2ccccc2[nH]c1=O. The molecule has 2 aromatic rings. The van der Waals surface area contributed by atoms with Gasteiger partial charge in [0.05, 0.1) is 11.0 Å². The van der Waals surface area contributed by atoms with Crippen LogP contribution >= 0.6 is 11.8 Å². The minimum atomic E-state index is -0.0962. The summed E-state index contributed by atoms with van der Waals surface area (Å²) in [7, 11) is 0. The van der Waals surface area contributed by atoms with Gasteiger partial charge in [-0.25, -0.2) is 4.98 Å². The summed E-state index contributed by atoms with van der Waals surface area (Å²) < 4.78 is 0. The number of aromatic nitrogens is 2. The molecule has 3 N–H and O–H groups in total. The normalized spacial score (nSPS) is 12.8. The number of hydrogen-bond donors (Lipinski definition) is 2. The minimum absolute atomic E-state index is 0.0962. The first-order valence-corrected chi connectivity index (χ1v) is 7.05. The molecule has 1 heterocycles. The average Bonchev–Trinajstić information content (AvgIpc) is 2.36. The van der Waals surface area contributed by atoms with Gasteiger partial charge in [-0.3, -0.25) is 4.79 Å². The van der Waals surface area contributed by atoms with Crippen LogP contribution in [-0.2, 0) is 5.75 Å². The molecule has 4 nitrogen and oxygen atoms in total. The number of thioether (sulfide) groups is 1. The largest absolute Gasteiger partial charge is 0.330 e. The molecule has 0 aliphatic heterocycles. The maximum atomic E-state index is 11.8. The van der Waals surface area contributed by atoms with Crippen LogP contribution in [0.15, 0.2) is 29.1 Å². The van der Waals surface area contributed by atoms with Crippen molar-refractivity contribution in [2.75, 3.05) is 6.54 Å². The lowest BCUT2D eigenvalue weighted by molar-refractivity contribution is 0.822. The van der Waals surface area contributed by atoms with Crippen LogP contribution in [0.4, 0.5) is 0 Å². The summed E-state index contributed by atoms with van der Waals surface area (Å²) in [5.74, 6) is 0.626. The number of hydrogen-bond acceptors (Lipinski definition) is 4. The van der Waals surface area contributed by atoms with E-state index in [-0.39, 0.29) is 5.56 Å². The van der Waals surface area contributed by atoms with Gasteiger partial charge < -0.3 is 10.7 Å². The first-order valence-electron chi connectivity index (χ1n) is 6.00. The molecule has 0 aliphatic carbocycles. The highest BCUT2D eigenvalue weighted by atomic mass is 32.2. The lowest BCUT2D eigenvalue weighted by atomic mass is 10.3. The topological polar surface area (TPSA) is 71.8 Å². The van der Waals surface area contributed by atoms with Crippen LogP contribution in [-0.4, -0.2) is 21.8 Å². The summed E-state index contributed by atoms with van der Waals surface area (Å²) in [6, 6.07) is 7.57. The number of benzene rings is 1. The predicted molar refractivity (Wildman–Crippen MR) is 76.8 cm³/mol. The zero-order chi connectivity index (χ0) is 13.0. The minimum Gasteiger partial charge on any atom is -0.330 e. The van der Waals surface area contributed by atoms with Crippen molar-refractivity contribution in [2.24, 2.45) is 5.73 Å². The van der Waals surface area contributed by atoms with Crippen molar-refractivity contribution in [3.05, 3.63) is 40.3 Å². The number of fused-ring (bicyclic) bond motifs is 1. The average molecular weight is 263 g/mol. The quantitative estimate of drug-likeness (QED) is 0.864. The Morgan fingerprint density at radius 3 is 3.00 bits per heavy atom. The molecule has 0 radical (unpaired) electrons. The molecule has 1 aromatic carbocycles. The van der Waals surface area contributed by atoms with E-state index in [2.05, 4.69) is 16.9 Å². The fourth-order valence-electron chi connectivity index (χ4n) is 1.70. The van der Waals surface area contributed by atoms with Gasteiger partial charge in [0.15, 0.2) is 0 Å². The molecule has 18 heavy (non-hydrogen) atoms. The Labute approximate surface area is 110 Å². The molecule has 0 amide bonds. The van der Waals surface area contributed by atoms with E-state index >= 15 is 0 Å². The molecule has 0 aliphatic rings. The van der Waals surface area contributed by atoms with Gasteiger partial charge in [-0.2, -0.15) is 11.8 Å². The molecule has 1 unspecified atom stereocenters. The van der Waals surface area contributed by atoms with Gasteiger partial charge in [0, 0.05) is 11.0 Å². The van der Waals surface area contributed by atoms with Crippen LogP contribution in [0.5, 0.6) is 0 Å². The highest BCUT2D eigenvalue weighted by Crippen LogP contribution is 2.17. The number of aromatic amines is 1. The Bertz CT molecular complexity index is 582. The first-order chi connectivity index (χ1) is 8.70. The fourth-order valence-corrected chi connectivity index (χ4v) is 2.65. The third-order valence-corrected chi connectivity index (χ3v) is 3.99. The summed E-state index contributed by atoms with van der Waals surface area (Å²) >= 11 is 1.71. The van der Waals surface area contributed by atoms with E-state index in [4.69, 9.17) is 5.73 Å². The molecule has 0 saturated heterocycles. The maximum Gasteiger partial charge on any atom is 0.270 e. The van der Waals surface area contributed by atoms with Crippen LogP contribution in [0.25, 0.3) is 11.0 Å². The van der Waals surface area contributed by atoms with Gasteiger partial charge in [0.2, 0.25) is 0 Å². The van der Waals surface area contributed by atoms with Crippen molar-refractivity contribution in [3.8, 4) is 0 Å². The van der Waals surface area contributed by atoms with Crippen molar-refractivity contribution < 1.29 is 0 Å². The van der Waals surface area contributed by atoms with Gasteiger partial charge in [-0.05, 0) is 25.1 Å². The van der Waals surface area contributed by atoms with E-state index in [1.807, 2.05) is 24.3 Å². The highest BCUT2D eigenvalue weighted by Gasteiger charge is 2.07. The fraction of sp³-hybridized carbons (Fsp3) is 0.385. The van der Waals surface area contributed by atoms with Gasteiger partial charge in [0.25, 0.3) is 5.56 Å². The van der Waals surface area contributed by atoms with Crippen molar-refractivity contribution in [3.63, 3.8) is 0 Å². The zero-order valence-corrected chi connectivity index (χ0v) is 11.2. The summed E-state index contributed by atoms with van der Waals surface area (Å²) in [6.07, 6.45) is 0.955. The maximum absolute atomic E-state index is 11.8. The molecule has 1 atom stereocenters. The van der Waals surface area contributed by atoms with Crippen LogP contribution in [0.1, 0.15) is 19.0 Å². The van der Waals surface area contributed by atoms with Crippen molar-refractivity contribution >= 4 is 22.8 Å². The monoisotopic (exact) mass is 263 g/mol. The Hall–Kier alpha value is -1.33. The highest BCUT2D eigenvalue weighted by molar-refractivity contribution is 7.99. The first kappa shape index (κ1) is 13.1. The number of para-hydroxylation sites is 2. The molecular formula is C13H17N3OS. The second-order valence-corrected chi connectivity index (χ2v) is 5.66. The second-order valence-electron chi connectivity index (χ2n) is 4.23. The lowest BCUT2D eigenvalue weighted by Gasteiger charge is -2.08. The van der Waals surface area contributed by atoms with E-state index < -0.39 is 0 Å². The summed E-state index contributed by atoms with van der Waals surface area (Å²) in [6.45, 7) is 2.79. The van der Waals surface area contributed by atoms with E-state index in [0.29, 0.717) is 23.2 Å². The summed E-state index contributed by atoms with van der Waals surface area (Å²) in [5, 5.41) is 0.447. The molecule has 2 rings (SSSR count). The van der Waals surface area contributed by atoms with Gasteiger partial charge >= 0.3 is 0 Å². The summed E-state index contributed by atoms with van der Waals surface area (Å²) in [4.78, 5) is 19.1. The second kappa shape index (κ2) is 6.02. The standard InChI is InChI=1S/C13H17N3OS/c1-9(6-7-14)18-8-12-13(17)16-11-5-3-2-4-10(11)15-12/h2-5,9H,6-8,14H2,1H3,(H,16,17). The molecule has 0 bridgehead atoms. The van der Waals surface area contributed by atoms with Gasteiger partial charge in [-0.15, -0.1) is 0 Å². The zero-order valence-electron chi connectivity index (χ0n) is 10.3. The molecule has 0 spiro atoms. The van der Waals surface area contributed by atoms with Crippen LogP contribution in [0.2, 0.25) is 0 Å². The van der Waals surface area contributed by atoms with E-state index in [0.717, 1.165) is 17.5 Å². The van der Waals surface area contributed by atoms with Gasteiger partial charge in [0.1, 0.15) is 5.69 Å². The Kier molecular flexibility index (Phi) is 4.38. The van der Waals surface area contributed by atoms with E-state index in [1.165, 1.54) is 0 Å². The van der Waals surface area contributed by atoms with Gasteiger partial charge in [-0.1, -0.05) is 19.1 Å². The number of nitrogens with zero attached hydrogens (tertiary/aromatic N) is 1. The molecule has 0 fully saturated rings. The van der Waals surface area contributed by atoms with Crippen LogP contribution in [0, 0.1) is 0 Å². The van der Waals surface area contributed by atoms with Crippen molar-refractivity contribution in [2.45, 2.75) is 24.3 Å². The third-order valence-electron chi connectivity index (χ3n) is 2.75.